The zero-order valence-corrected chi connectivity index (χ0v) is 10.4. The lowest BCUT2D eigenvalue weighted by molar-refractivity contribution is -0.152. The lowest BCUT2D eigenvalue weighted by Gasteiger charge is -2.35. The second kappa shape index (κ2) is 4.96. The molecule has 2 aliphatic rings. The van der Waals surface area contributed by atoms with Gasteiger partial charge in [-0.1, -0.05) is 6.42 Å². The number of carboxylic acids is 1. The van der Waals surface area contributed by atoms with Crippen molar-refractivity contribution in [2.45, 2.75) is 32.2 Å². The minimum Gasteiger partial charge on any atom is -0.481 e. The summed E-state index contributed by atoms with van der Waals surface area (Å²) in [6, 6.07) is -0.499. The van der Waals surface area contributed by atoms with E-state index in [1.165, 1.54) is 4.90 Å². The van der Waals surface area contributed by atoms with E-state index in [2.05, 4.69) is 5.32 Å². The Morgan fingerprint density at radius 1 is 1.33 bits per heavy atom. The predicted molar refractivity (Wildman–Crippen MR) is 62.7 cm³/mol. The molecule has 1 aliphatic heterocycles. The second-order valence-corrected chi connectivity index (χ2v) is 4.98. The number of rotatable bonds is 2. The Bertz CT molecular complexity index is 378. The van der Waals surface area contributed by atoms with Gasteiger partial charge in [0.2, 0.25) is 11.8 Å². The van der Waals surface area contributed by atoms with E-state index < -0.39 is 23.8 Å². The molecule has 0 aromatic rings. The molecule has 0 radical (unpaired) electrons. The van der Waals surface area contributed by atoms with Crippen molar-refractivity contribution in [3.63, 3.8) is 0 Å². The van der Waals surface area contributed by atoms with Crippen molar-refractivity contribution in [3.05, 3.63) is 0 Å². The van der Waals surface area contributed by atoms with Gasteiger partial charge in [0.1, 0.15) is 6.04 Å². The summed E-state index contributed by atoms with van der Waals surface area (Å²) in [5.41, 5.74) is 0. The maximum absolute atomic E-state index is 12.4. The number of amides is 2. The first-order chi connectivity index (χ1) is 8.52. The van der Waals surface area contributed by atoms with Gasteiger partial charge < -0.3 is 15.3 Å². The van der Waals surface area contributed by atoms with Gasteiger partial charge in [-0.25, -0.2) is 0 Å². The van der Waals surface area contributed by atoms with Crippen LogP contribution in [-0.2, 0) is 14.4 Å². The molecule has 6 heteroatoms. The number of carbonyl (C=O) groups is 3. The third kappa shape index (κ3) is 2.19. The molecule has 100 valence electrons. The van der Waals surface area contributed by atoms with E-state index in [9.17, 15) is 14.4 Å². The second-order valence-electron chi connectivity index (χ2n) is 4.98. The van der Waals surface area contributed by atoms with Crippen LogP contribution in [0.5, 0.6) is 0 Å². The normalized spacial score (nSPS) is 32.2. The fraction of sp³-hybridized carbons (Fsp3) is 0.750. The molecule has 1 saturated heterocycles. The van der Waals surface area contributed by atoms with Gasteiger partial charge in [-0.15, -0.1) is 0 Å². The molecule has 6 nitrogen and oxygen atoms in total. The highest BCUT2D eigenvalue weighted by Crippen LogP contribution is 2.33. The number of piperazine rings is 1. The monoisotopic (exact) mass is 254 g/mol. The highest BCUT2D eigenvalue weighted by atomic mass is 16.4. The van der Waals surface area contributed by atoms with Crippen LogP contribution in [0.25, 0.3) is 0 Å². The fourth-order valence-electron chi connectivity index (χ4n) is 2.85. The van der Waals surface area contributed by atoms with Crippen LogP contribution in [0.1, 0.15) is 26.2 Å². The minimum absolute atomic E-state index is 0.167. The molecule has 0 aromatic carbocycles. The van der Waals surface area contributed by atoms with E-state index in [1.807, 2.05) is 0 Å². The standard InChI is InChI=1S/C12H18N2O4/c1-7-10(15)13-5-6-14(7)11(16)8-3-2-4-9(8)12(17)18/h7-9H,2-6H2,1H3,(H,13,15)(H,17,18). The SMILES string of the molecule is CC1C(=O)NCCN1C(=O)C1CCCC1C(=O)O. The van der Waals surface area contributed by atoms with E-state index in [1.54, 1.807) is 6.92 Å². The first kappa shape index (κ1) is 12.9. The summed E-state index contributed by atoms with van der Waals surface area (Å²) in [5, 5.41) is 11.8. The first-order valence-electron chi connectivity index (χ1n) is 6.33. The number of nitrogens with one attached hydrogen (secondary N) is 1. The Kier molecular flexibility index (Phi) is 3.54. The van der Waals surface area contributed by atoms with E-state index in [0.29, 0.717) is 25.9 Å². The summed E-state index contributed by atoms with van der Waals surface area (Å²) in [4.78, 5) is 36.5. The fourth-order valence-corrected chi connectivity index (χ4v) is 2.85. The molecule has 3 unspecified atom stereocenters. The molecule has 2 fully saturated rings. The van der Waals surface area contributed by atoms with Crippen LogP contribution in [0.3, 0.4) is 0 Å². The van der Waals surface area contributed by atoms with Crippen LogP contribution >= 0.6 is 0 Å². The van der Waals surface area contributed by atoms with Crippen molar-refractivity contribution >= 4 is 17.8 Å². The highest BCUT2D eigenvalue weighted by Gasteiger charge is 2.42. The van der Waals surface area contributed by atoms with Crippen LogP contribution in [0.4, 0.5) is 0 Å². The average Bonchev–Trinajstić information content (AvgIpc) is 2.81. The van der Waals surface area contributed by atoms with Crippen molar-refractivity contribution in [1.82, 2.24) is 10.2 Å². The van der Waals surface area contributed by atoms with Crippen LogP contribution < -0.4 is 5.32 Å². The van der Waals surface area contributed by atoms with Gasteiger partial charge in [-0.2, -0.15) is 0 Å². The van der Waals surface area contributed by atoms with Crippen molar-refractivity contribution in [1.29, 1.82) is 0 Å². The summed E-state index contributed by atoms with van der Waals surface area (Å²) < 4.78 is 0. The summed E-state index contributed by atoms with van der Waals surface area (Å²) in [6.45, 7) is 2.59. The van der Waals surface area contributed by atoms with Gasteiger partial charge in [-0.3, -0.25) is 14.4 Å². The molecule has 1 aliphatic carbocycles. The van der Waals surface area contributed by atoms with Crippen LogP contribution in [-0.4, -0.2) is 46.9 Å². The molecule has 2 amide bonds. The zero-order valence-electron chi connectivity index (χ0n) is 10.4. The van der Waals surface area contributed by atoms with Gasteiger partial charge in [0, 0.05) is 13.1 Å². The van der Waals surface area contributed by atoms with E-state index in [4.69, 9.17) is 5.11 Å². The lowest BCUT2D eigenvalue weighted by Crippen LogP contribution is -2.57. The predicted octanol–water partition coefficient (Wildman–Crippen LogP) is -0.166. The molecule has 1 heterocycles. The van der Waals surface area contributed by atoms with Gasteiger partial charge in [0.05, 0.1) is 11.8 Å². The highest BCUT2D eigenvalue weighted by molar-refractivity contribution is 5.91. The van der Waals surface area contributed by atoms with Gasteiger partial charge in [0.25, 0.3) is 0 Å². The first-order valence-corrected chi connectivity index (χ1v) is 6.33. The largest absolute Gasteiger partial charge is 0.481 e. The van der Waals surface area contributed by atoms with E-state index in [0.717, 1.165) is 6.42 Å². The van der Waals surface area contributed by atoms with Crippen LogP contribution in [0, 0.1) is 11.8 Å². The Hall–Kier alpha value is -1.59. The Labute approximate surface area is 105 Å². The van der Waals surface area contributed by atoms with Crippen molar-refractivity contribution in [2.24, 2.45) is 11.8 Å². The topological polar surface area (TPSA) is 86.7 Å². The maximum atomic E-state index is 12.4. The minimum atomic E-state index is -0.903. The number of nitrogens with zero attached hydrogens (tertiary/aromatic N) is 1. The summed E-state index contributed by atoms with van der Waals surface area (Å²) >= 11 is 0. The zero-order chi connectivity index (χ0) is 13.3. The molecule has 3 atom stereocenters. The molecule has 2 rings (SSSR count). The van der Waals surface area contributed by atoms with Crippen molar-refractivity contribution < 1.29 is 19.5 Å². The summed E-state index contributed by atoms with van der Waals surface area (Å²) in [6.07, 6.45) is 1.93. The maximum Gasteiger partial charge on any atom is 0.307 e. The van der Waals surface area contributed by atoms with Crippen LogP contribution in [0.15, 0.2) is 0 Å². The summed E-state index contributed by atoms with van der Waals surface area (Å²) in [7, 11) is 0. The Balaban J connectivity index is 2.10. The van der Waals surface area contributed by atoms with Crippen molar-refractivity contribution in [2.75, 3.05) is 13.1 Å². The van der Waals surface area contributed by atoms with Gasteiger partial charge in [-0.05, 0) is 19.8 Å². The van der Waals surface area contributed by atoms with E-state index in [-0.39, 0.29) is 11.8 Å². The number of hydrogen-bond donors (Lipinski definition) is 2. The molecular weight excluding hydrogens is 236 g/mol. The number of aliphatic carboxylic acids is 1. The third-order valence-electron chi connectivity index (χ3n) is 3.93. The van der Waals surface area contributed by atoms with Crippen molar-refractivity contribution in [3.8, 4) is 0 Å². The van der Waals surface area contributed by atoms with Gasteiger partial charge in [0.15, 0.2) is 0 Å². The number of hydrogen-bond acceptors (Lipinski definition) is 3. The molecular formula is C12H18N2O4. The molecule has 0 spiro atoms. The van der Waals surface area contributed by atoms with Crippen LogP contribution in [0.2, 0.25) is 0 Å². The number of carboxylic acid groups (broad SMARTS) is 1. The quantitative estimate of drug-likeness (QED) is 0.716. The Morgan fingerprint density at radius 3 is 2.67 bits per heavy atom. The molecule has 18 heavy (non-hydrogen) atoms. The number of carbonyl (C=O) groups excluding carboxylic acids is 2. The molecule has 0 bridgehead atoms. The summed E-state index contributed by atoms with van der Waals surface area (Å²) in [5.74, 6) is -2.30. The van der Waals surface area contributed by atoms with E-state index >= 15 is 0 Å². The third-order valence-corrected chi connectivity index (χ3v) is 3.93. The van der Waals surface area contributed by atoms with Gasteiger partial charge >= 0.3 is 5.97 Å². The molecule has 0 aromatic heterocycles. The molecule has 1 saturated carbocycles. The average molecular weight is 254 g/mol. The Morgan fingerprint density at radius 2 is 2.00 bits per heavy atom. The molecule has 2 N–H and O–H groups in total. The smallest absolute Gasteiger partial charge is 0.307 e. The lowest BCUT2D eigenvalue weighted by atomic mass is 9.94.